The maximum Gasteiger partial charge on any atom is 0.224 e. The Hall–Kier alpha value is -2.40. The highest BCUT2D eigenvalue weighted by Gasteiger charge is 2.22. The molecule has 2 atom stereocenters. The van der Waals surface area contributed by atoms with E-state index in [2.05, 4.69) is 22.5 Å². The van der Waals surface area contributed by atoms with Crippen molar-refractivity contribution in [3.05, 3.63) is 48.7 Å². The van der Waals surface area contributed by atoms with Gasteiger partial charge in [0.05, 0.1) is 0 Å². The van der Waals surface area contributed by atoms with E-state index in [0.29, 0.717) is 29.9 Å². The number of nitrogens with zero attached hydrogens (tertiary/aromatic N) is 1. The Labute approximate surface area is 148 Å². The highest BCUT2D eigenvalue weighted by atomic mass is 16.5. The first-order valence-corrected chi connectivity index (χ1v) is 8.90. The van der Waals surface area contributed by atoms with Crippen molar-refractivity contribution < 1.29 is 9.53 Å². The fraction of sp³-hybridized carbons (Fsp3) is 0.400. The van der Waals surface area contributed by atoms with Crippen molar-refractivity contribution in [3.8, 4) is 11.6 Å². The van der Waals surface area contributed by atoms with E-state index in [-0.39, 0.29) is 5.91 Å². The summed E-state index contributed by atoms with van der Waals surface area (Å²) >= 11 is 0. The summed E-state index contributed by atoms with van der Waals surface area (Å²) < 4.78 is 5.71. The number of piperidine rings is 1. The lowest BCUT2D eigenvalue weighted by atomic mass is 9.85. The van der Waals surface area contributed by atoms with E-state index in [1.54, 1.807) is 12.3 Å². The van der Waals surface area contributed by atoms with E-state index in [1.807, 2.05) is 36.4 Å². The van der Waals surface area contributed by atoms with Gasteiger partial charge in [0, 0.05) is 30.4 Å². The van der Waals surface area contributed by atoms with Crippen LogP contribution >= 0.6 is 0 Å². The molecule has 0 radical (unpaired) electrons. The normalized spacial score (nSPS) is 18.4. The second-order valence-corrected chi connectivity index (χ2v) is 6.63. The Balaban J connectivity index is 1.55. The monoisotopic (exact) mass is 339 g/mol. The summed E-state index contributed by atoms with van der Waals surface area (Å²) in [5.74, 6) is 2.19. The Morgan fingerprint density at radius 2 is 2.28 bits per heavy atom. The minimum atomic E-state index is 0.0491. The van der Waals surface area contributed by atoms with Crippen molar-refractivity contribution in [3.63, 3.8) is 0 Å². The summed E-state index contributed by atoms with van der Waals surface area (Å²) in [4.78, 5) is 16.5. The van der Waals surface area contributed by atoms with Crippen LogP contribution in [0.15, 0.2) is 48.7 Å². The molecule has 5 heteroatoms. The molecule has 1 aliphatic heterocycles. The number of carbonyl (C=O) groups excluding carboxylic acids is 1. The first-order chi connectivity index (χ1) is 12.2. The summed E-state index contributed by atoms with van der Waals surface area (Å²) in [6, 6.07) is 12.9. The molecule has 1 aromatic heterocycles. The quantitative estimate of drug-likeness (QED) is 0.839. The number of aromatic nitrogens is 1. The largest absolute Gasteiger partial charge is 0.439 e. The smallest absolute Gasteiger partial charge is 0.224 e. The van der Waals surface area contributed by atoms with Gasteiger partial charge in [-0.3, -0.25) is 4.79 Å². The number of benzene rings is 1. The summed E-state index contributed by atoms with van der Waals surface area (Å²) in [5, 5.41) is 6.39. The average Bonchev–Trinajstić information content (AvgIpc) is 2.63. The molecule has 0 aliphatic carbocycles. The topological polar surface area (TPSA) is 63.2 Å². The molecule has 2 unspecified atom stereocenters. The predicted molar refractivity (Wildman–Crippen MR) is 98.8 cm³/mol. The van der Waals surface area contributed by atoms with Crippen LogP contribution in [-0.2, 0) is 4.79 Å². The van der Waals surface area contributed by atoms with Gasteiger partial charge in [-0.05, 0) is 56.0 Å². The number of nitrogens with one attached hydrogen (secondary N) is 2. The molecule has 2 aromatic rings. The summed E-state index contributed by atoms with van der Waals surface area (Å²) in [7, 11) is 0. The van der Waals surface area contributed by atoms with E-state index in [9.17, 15) is 4.79 Å². The number of amides is 1. The number of rotatable bonds is 6. The second-order valence-electron chi connectivity index (χ2n) is 6.63. The maximum absolute atomic E-state index is 12.4. The van der Waals surface area contributed by atoms with Gasteiger partial charge in [-0.15, -0.1) is 0 Å². The molecule has 1 amide bonds. The van der Waals surface area contributed by atoms with Gasteiger partial charge in [-0.2, -0.15) is 0 Å². The zero-order valence-electron chi connectivity index (χ0n) is 14.6. The van der Waals surface area contributed by atoms with Crippen molar-refractivity contribution in [1.29, 1.82) is 0 Å². The van der Waals surface area contributed by atoms with Gasteiger partial charge >= 0.3 is 0 Å². The molecule has 25 heavy (non-hydrogen) atoms. The highest BCUT2D eigenvalue weighted by Crippen LogP contribution is 2.25. The number of carbonyl (C=O) groups is 1. The van der Waals surface area contributed by atoms with Gasteiger partial charge < -0.3 is 15.4 Å². The highest BCUT2D eigenvalue weighted by molar-refractivity contribution is 5.91. The average molecular weight is 339 g/mol. The lowest BCUT2D eigenvalue weighted by Crippen LogP contribution is -2.34. The third kappa shape index (κ3) is 5.29. The van der Waals surface area contributed by atoms with Crippen LogP contribution in [0, 0.1) is 11.8 Å². The molecule has 3 rings (SSSR count). The third-order valence-corrected chi connectivity index (χ3v) is 4.63. The molecule has 1 fully saturated rings. The summed E-state index contributed by atoms with van der Waals surface area (Å²) in [5.41, 5.74) is 0.743. The van der Waals surface area contributed by atoms with E-state index < -0.39 is 0 Å². The predicted octanol–water partition coefficient (Wildman–Crippen LogP) is 3.84. The van der Waals surface area contributed by atoms with Crippen LogP contribution in [0.25, 0.3) is 0 Å². The van der Waals surface area contributed by atoms with E-state index in [0.717, 1.165) is 18.8 Å². The van der Waals surface area contributed by atoms with Crippen molar-refractivity contribution in [2.75, 3.05) is 18.4 Å². The Kier molecular flexibility index (Phi) is 6.01. The SMILES string of the molecule is CC(CC(=O)Nc1cccc(Oc2ccccn2)c1)C1CCCNC1. The zero-order chi connectivity index (χ0) is 17.5. The van der Waals surface area contributed by atoms with Crippen molar-refractivity contribution in [2.45, 2.75) is 26.2 Å². The van der Waals surface area contributed by atoms with Gasteiger partial charge in [-0.25, -0.2) is 4.98 Å². The first-order valence-electron chi connectivity index (χ1n) is 8.90. The molecule has 2 N–H and O–H groups in total. The van der Waals surface area contributed by atoms with Crippen LogP contribution < -0.4 is 15.4 Å². The lowest BCUT2D eigenvalue weighted by Gasteiger charge is -2.28. The van der Waals surface area contributed by atoms with Crippen molar-refractivity contribution in [1.82, 2.24) is 10.3 Å². The van der Waals surface area contributed by atoms with Gasteiger partial charge in [0.25, 0.3) is 0 Å². The number of anilines is 1. The van der Waals surface area contributed by atoms with Gasteiger partial charge in [0.15, 0.2) is 0 Å². The molecule has 0 bridgehead atoms. The second kappa shape index (κ2) is 8.62. The molecular formula is C20H25N3O2. The molecule has 132 valence electrons. The Bertz CT molecular complexity index is 684. The van der Waals surface area contributed by atoms with Crippen LogP contribution in [0.5, 0.6) is 11.6 Å². The van der Waals surface area contributed by atoms with Crippen LogP contribution in [0.3, 0.4) is 0 Å². The standard InChI is InChI=1S/C20H25N3O2/c1-15(16-6-5-10-21-14-16)12-19(24)23-17-7-4-8-18(13-17)25-20-9-2-3-11-22-20/h2-4,7-9,11,13,15-16,21H,5-6,10,12,14H2,1H3,(H,23,24). The van der Waals surface area contributed by atoms with Crippen LogP contribution in [-0.4, -0.2) is 24.0 Å². The van der Waals surface area contributed by atoms with Crippen molar-refractivity contribution in [2.24, 2.45) is 11.8 Å². The summed E-state index contributed by atoms with van der Waals surface area (Å²) in [6.07, 6.45) is 4.62. The third-order valence-electron chi connectivity index (χ3n) is 4.63. The van der Waals surface area contributed by atoms with Crippen LogP contribution in [0.2, 0.25) is 0 Å². The molecular weight excluding hydrogens is 314 g/mol. The van der Waals surface area contributed by atoms with Crippen LogP contribution in [0.1, 0.15) is 26.2 Å². The molecule has 1 aliphatic rings. The molecule has 0 spiro atoms. The van der Waals surface area contributed by atoms with Gasteiger partial charge in [-0.1, -0.05) is 19.1 Å². The molecule has 2 heterocycles. The van der Waals surface area contributed by atoms with Crippen molar-refractivity contribution >= 4 is 11.6 Å². The number of pyridine rings is 1. The molecule has 1 saturated heterocycles. The minimum absolute atomic E-state index is 0.0491. The van der Waals surface area contributed by atoms with E-state index in [1.165, 1.54) is 12.8 Å². The molecule has 0 saturated carbocycles. The number of ether oxygens (including phenoxy) is 1. The first kappa shape index (κ1) is 17.4. The fourth-order valence-corrected chi connectivity index (χ4v) is 3.20. The maximum atomic E-state index is 12.4. The van der Waals surface area contributed by atoms with Gasteiger partial charge in [0.2, 0.25) is 11.8 Å². The van der Waals surface area contributed by atoms with E-state index >= 15 is 0 Å². The zero-order valence-corrected chi connectivity index (χ0v) is 14.6. The number of hydrogen-bond donors (Lipinski definition) is 2. The molecule has 1 aromatic carbocycles. The fourth-order valence-electron chi connectivity index (χ4n) is 3.20. The minimum Gasteiger partial charge on any atom is -0.439 e. The molecule has 5 nitrogen and oxygen atoms in total. The lowest BCUT2D eigenvalue weighted by molar-refractivity contribution is -0.117. The summed E-state index contributed by atoms with van der Waals surface area (Å²) in [6.45, 7) is 4.28. The Morgan fingerprint density at radius 1 is 1.36 bits per heavy atom. The van der Waals surface area contributed by atoms with Crippen LogP contribution in [0.4, 0.5) is 5.69 Å². The number of hydrogen-bond acceptors (Lipinski definition) is 4. The van der Waals surface area contributed by atoms with Gasteiger partial charge in [0.1, 0.15) is 5.75 Å². The Morgan fingerprint density at radius 3 is 3.04 bits per heavy atom. The van der Waals surface area contributed by atoms with E-state index in [4.69, 9.17) is 4.74 Å².